The number of aromatic nitrogens is 2. The molecule has 7 heteroatoms. The van der Waals surface area contributed by atoms with Crippen LogP contribution in [0.3, 0.4) is 0 Å². The number of nitrogens with one attached hydrogen (secondary N) is 3. The molecule has 0 radical (unpaired) electrons. The Morgan fingerprint density at radius 1 is 1.45 bits per heavy atom. The average Bonchev–Trinajstić information content (AvgIpc) is 3.12. The minimum Gasteiger partial charge on any atom is -0.352 e. The summed E-state index contributed by atoms with van der Waals surface area (Å²) in [6.07, 6.45) is 2.45. The number of rotatable bonds is 3. The van der Waals surface area contributed by atoms with Gasteiger partial charge in [-0.3, -0.25) is 4.79 Å². The van der Waals surface area contributed by atoms with Crippen LogP contribution in [0.4, 0.5) is 4.79 Å². The third kappa shape index (κ3) is 3.19. The molecule has 2 heterocycles. The number of aromatic amines is 1. The summed E-state index contributed by atoms with van der Waals surface area (Å²) in [5.74, 6) is -0.0554. The van der Waals surface area contributed by atoms with Gasteiger partial charge >= 0.3 is 6.03 Å². The molecule has 1 aliphatic heterocycles. The van der Waals surface area contributed by atoms with Crippen molar-refractivity contribution in [3.8, 4) is 0 Å². The van der Waals surface area contributed by atoms with Gasteiger partial charge in [0.1, 0.15) is 0 Å². The molecular formula is C15H19N5O2. The normalized spacial score (nSPS) is 17.7. The standard InChI is InChI=1S/C15H19N5O2/c1-10(21)19-12-4-5-20(8-12)15(22)16-7-11-2-3-13-14(6-11)18-9-17-13/h2-3,6,9,12H,4-5,7-8H2,1H3,(H,16,22)(H,17,18)(H,19,21). The van der Waals surface area contributed by atoms with Crippen LogP contribution in [0.2, 0.25) is 0 Å². The van der Waals surface area contributed by atoms with Crippen molar-refractivity contribution in [1.29, 1.82) is 0 Å². The van der Waals surface area contributed by atoms with Crippen molar-refractivity contribution < 1.29 is 9.59 Å². The molecule has 1 atom stereocenters. The van der Waals surface area contributed by atoms with Gasteiger partial charge in [-0.1, -0.05) is 6.07 Å². The number of carbonyl (C=O) groups excluding carboxylic acids is 2. The number of hydrogen-bond donors (Lipinski definition) is 3. The number of nitrogens with zero attached hydrogens (tertiary/aromatic N) is 2. The van der Waals surface area contributed by atoms with Gasteiger partial charge in [0.2, 0.25) is 5.91 Å². The minimum atomic E-state index is -0.0995. The van der Waals surface area contributed by atoms with Gasteiger partial charge in [-0.2, -0.15) is 0 Å². The van der Waals surface area contributed by atoms with E-state index in [-0.39, 0.29) is 18.0 Å². The van der Waals surface area contributed by atoms with Crippen LogP contribution in [0.25, 0.3) is 11.0 Å². The van der Waals surface area contributed by atoms with E-state index >= 15 is 0 Å². The highest BCUT2D eigenvalue weighted by molar-refractivity contribution is 5.77. The van der Waals surface area contributed by atoms with Gasteiger partial charge in [0, 0.05) is 32.6 Å². The highest BCUT2D eigenvalue weighted by atomic mass is 16.2. The van der Waals surface area contributed by atoms with Gasteiger partial charge in [-0.05, 0) is 24.1 Å². The van der Waals surface area contributed by atoms with E-state index in [9.17, 15) is 9.59 Å². The second-order valence-electron chi connectivity index (χ2n) is 5.54. The molecule has 1 fully saturated rings. The minimum absolute atomic E-state index is 0.0554. The SMILES string of the molecule is CC(=O)NC1CCN(C(=O)NCc2ccc3nc[nH]c3c2)C1. The van der Waals surface area contributed by atoms with Crippen molar-refractivity contribution in [3.63, 3.8) is 0 Å². The van der Waals surface area contributed by atoms with Gasteiger partial charge in [0.25, 0.3) is 0 Å². The first-order valence-corrected chi connectivity index (χ1v) is 7.34. The van der Waals surface area contributed by atoms with E-state index < -0.39 is 0 Å². The number of benzene rings is 1. The third-order valence-corrected chi connectivity index (χ3v) is 3.81. The van der Waals surface area contributed by atoms with Gasteiger partial charge in [-0.25, -0.2) is 9.78 Å². The van der Waals surface area contributed by atoms with Crippen LogP contribution < -0.4 is 10.6 Å². The summed E-state index contributed by atoms with van der Waals surface area (Å²) in [7, 11) is 0. The molecule has 7 nitrogen and oxygen atoms in total. The second-order valence-corrected chi connectivity index (χ2v) is 5.54. The first-order valence-electron chi connectivity index (χ1n) is 7.34. The Hall–Kier alpha value is -2.57. The molecule has 2 aromatic rings. The number of hydrogen-bond acceptors (Lipinski definition) is 3. The fraction of sp³-hybridized carbons (Fsp3) is 0.400. The van der Waals surface area contributed by atoms with Gasteiger partial charge < -0.3 is 20.5 Å². The molecule has 3 rings (SSSR count). The van der Waals surface area contributed by atoms with Crippen LogP contribution in [0, 0.1) is 0 Å². The number of likely N-dealkylation sites (tertiary alicyclic amines) is 1. The van der Waals surface area contributed by atoms with E-state index in [1.165, 1.54) is 6.92 Å². The van der Waals surface area contributed by atoms with E-state index in [2.05, 4.69) is 20.6 Å². The molecule has 1 aromatic carbocycles. The second kappa shape index (κ2) is 6.05. The lowest BCUT2D eigenvalue weighted by atomic mass is 10.2. The summed E-state index contributed by atoms with van der Waals surface area (Å²) >= 11 is 0. The molecule has 1 aliphatic rings. The largest absolute Gasteiger partial charge is 0.352 e. The predicted molar refractivity (Wildman–Crippen MR) is 82.1 cm³/mol. The molecule has 0 saturated carbocycles. The Bertz CT molecular complexity index is 696. The number of H-pyrrole nitrogens is 1. The maximum Gasteiger partial charge on any atom is 0.317 e. The highest BCUT2D eigenvalue weighted by Gasteiger charge is 2.26. The van der Waals surface area contributed by atoms with Crippen molar-refractivity contribution in [3.05, 3.63) is 30.1 Å². The topological polar surface area (TPSA) is 90.1 Å². The van der Waals surface area contributed by atoms with Crippen LogP contribution in [-0.2, 0) is 11.3 Å². The van der Waals surface area contributed by atoms with E-state index in [4.69, 9.17) is 0 Å². The molecule has 3 amide bonds. The van der Waals surface area contributed by atoms with Crippen LogP contribution in [0.15, 0.2) is 24.5 Å². The molecule has 22 heavy (non-hydrogen) atoms. The van der Waals surface area contributed by atoms with E-state index in [0.717, 1.165) is 23.0 Å². The molecular weight excluding hydrogens is 282 g/mol. The van der Waals surface area contributed by atoms with Crippen molar-refractivity contribution in [2.24, 2.45) is 0 Å². The van der Waals surface area contributed by atoms with Gasteiger partial charge in [0.05, 0.1) is 17.4 Å². The molecule has 3 N–H and O–H groups in total. The zero-order valence-corrected chi connectivity index (χ0v) is 12.4. The number of urea groups is 1. The Kier molecular flexibility index (Phi) is 3.95. The summed E-state index contributed by atoms with van der Waals surface area (Å²) in [6, 6.07) is 5.82. The molecule has 0 bridgehead atoms. The smallest absolute Gasteiger partial charge is 0.317 e. The predicted octanol–water partition coefficient (Wildman–Crippen LogP) is 0.983. The molecule has 0 spiro atoms. The fourth-order valence-corrected chi connectivity index (χ4v) is 2.73. The zero-order chi connectivity index (χ0) is 15.5. The summed E-state index contributed by atoms with van der Waals surface area (Å²) in [6.45, 7) is 3.19. The monoisotopic (exact) mass is 301 g/mol. The first kappa shape index (κ1) is 14.4. The first-order chi connectivity index (χ1) is 10.6. The summed E-state index contributed by atoms with van der Waals surface area (Å²) in [5.41, 5.74) is 2.88. The number of amides is 3. The maximum absolute atomic E-state index is 12.1. The number of carbonyl (C=O) groups is 2. The van der Waals surface area contributed by atoms with Crippen LogP contribution >= 0.6 is 0 Å². The van der Waals surface area contributed by atoms with Crippen molar-refractivity contribution in [2.75, 3.05) is 13.1 Å². The zero-order valence-electron chi connectivity index (χ0n) is 12.4. The van der Waals surface area contributed by atoms with E-state index in [1.54, 1.807) is 11.2 Å². The van der Waals surface area contributed by atoms with Crippen molar-refractivity contribution in [2.45, 2.75) is 25.9 Å². The number of imidazole rings is 1. The lowest BCUT2D eigenvalue weighted by Gasteiger charge is -2.17. The van der Waals surface area contributed by atoms with Gasteiger partial charge in [-0.15, -0.1) is 0 Å². The lowest BCUT2D eigenvalue weighted by Crippen LogP contribution is -2.41. The molecule has 116 valence electrons. The Balaban J connectivity index is 1.53. The van der Waals surface area contributed by atoms with Crippen LogP contribution in [-0.4, -0.2) is 45.9 Å². The van der Waals surface area contributed by atoms with Crippen molar-refractivity contribution >= 4 is 23.0 Å². The molecule has 1 unspecified atom stereocenters. The average molecular weight is 301 g/mol. The summed E-state index contributed by atoms with van der Waals surface area (Å²) in [4.78, 5) is 32.1. The van der Waals surface area contributed by atoms with Crippen LogP contribution in [0.1, 0.15) is 18.9 Å². The maximum atomic E-state index is 12.1. The molecule has 1 aromatic heterocycles. The number of fused-ring (bicyclic) bond motifs is 1. The van der Waals surface area contributed by atoms with E-state index in [0.29, 0.717) is 19.6 Å². The van der Waals surface area contributed by atoms with Crippen LogP contribution in [0.5, 0.6) is 0 Å². The quantitative estimate of drug-likeness (QED) is 0.789. The Morgan fingerprint density at radius 2 is 2.32 bits per heavy atom. The third-order valence-electron chi connectivity index (χ3n) is 3.81. The lowest BCUT2D eigenvalue weighted by molar-refractivity contribution is -0.119. The van der Waals surface area contributed by atoms with Gasteiger partial charge in [0.15, 0.2) is 0 Å². The Morgan fingerprint density at radius 3 is 3.14 bits per heavy atom. The fourth-order valence-electron chi connectivity index (χ4n) is 2.73. The molecule has 0 aliphatic carbocycles. The highest BCUT2D eigenvalue weighted by Crippen LogP contribution is 2.12. The summed E-state index contributed by atoms with van der Waals surface area (Å²) in [5, 5.41) is 5.76. The summed E-state index contributed by atoms with van der Waals surface area (Å²) < 4.78 is 0. The van der Waals surface area contributed by atoms with E-state index in [1.807, 2.05) is 18.2 Å². The van der Waals surface area contributed by atoms with Crippen molar-refractivity contribution in [1.82, 2.24) is 25.5 Å². The Labute approximate surface area is 128 Å². The molecule has 1 saturated heterocycles.